The maximum absolute atomic E-state index is 5.88. The molecule has 20 heavy (non-hydrogen) atoms. The molecule has 2 heterocycles. The Bertz CT molecular complexity index is 353. The quantitative estimate of drug-likeness (QED) is 0.729. The summed E-state index contributed by atoms with van der Waals surface area (Å²) in [5, 5.41) is 0. The maximum atomic E-state index is 5.88. The van der Waals surface area contributed by atoms with Gasteiger partial charge in [0.2, 0.25) is 0 Å². The number of hydrogen-bond acceptors (Lipinski definition) is 4. The fourth-order valence-corrected chi connectivity index (χ4v) is 3.16. The van der Waals surface area contributed by atoms with Gasteiger partial charge in [-0.05, 0) is 32.1 Å². The van der Waals surface area contributed by atoms with Gasteiger partial charge < -0.3 is 18.9 Å². The van der Waals surface area contributed by atoms with Crippen LogP contribution in [0.3, 0.4) is 0 Å². The summed E-state index contributed by atoms with van der Waals surface area (Å²) >= 11 is 0. The number of rotatable bonds is 2. The van der Waals surface area contributed by atoms with Gasteiger partial charge in [-0.2, -0.15) is 0 Å². The molecule has 0 aromatic carbocycles. The van der Waals surface area contributed by atoms with E-state index in [-0.39, 0.29) is 10.8 Å². The van der Waals surface area contributed by atoms with Gasteiger partial charge in [-0.15, -0.1) is 0 Å². The molecule has 2 fully saturated rings. The van der Waals surface area contributed by atoms with Crippen molar-refractivity contribution in [2.24, 2.45) is 10.8 Å². The Morgan fingerprint density at radius 2 is 1.45 bits per heavy atom. The van der Waals surface area contributed by atoms with Crippen molar-refractivity contribution < 1.29 is 18.9 Å². The van der Waals surface area contributed by atoms with Crippen molar-refractivity contribution >= 4 is 0 Å². The zero-order chi connectivity index (χ0) is 14.1. The highest BCUT2D eigenvalue weighted by molar-refractivity contribution is 4.99. The van der Waals surface area contributed by atoms with Crippen molar-refractivity contribution in [3.8, 4) is 0 Å². The van der Waals surface area contributed by atoms with Crippen LogP contribution in [0.2, 0.25) is 0 Å². The predicted octanol–water partition coefficient (Wildman–Crippen LogP) is 3.22. The lowest BCUT2D eigenvalue weighted by atomic mass is 9.78. The molecule has 0 bridgehead atoms. The molecule has 3 aliphatic rings. The molecule has 0 amide bonds. The van der Waals surface area contributed by atoms with Crippen LogP contribution in [-0.4, -0.2) is 32.6 Å². The van der Waals surface area contributed by atoms with Gasteiger partial charge in [0.15, 0.2) is 0 Å². The molecule has 114 valence electrons. The van der Waals surface area contributed by atoms with E-state index < -0.39 is 6.16 Å². The Hall–Kier alpha value is -0.420. The van der Waals surface area contributed by atoms with Crippen molar-refractivity contribution in [3.63, 3.8) is 0 Å². The van der Waals surface area contributed by atoms with E-state index in [0.29, 0.717) is 26.4 Å². The topological polar surface area (TPSA) is 36.9 Å². The Kier molecular flexibility index (Phi) is 3.93. The Balaban J connectivity index is 1.60. The first-order valence-corrected chi connectivity index (χ1v) is 7.86. The average molecular weight is 282 g/mol. The van der Waals surface area contributed by atoms with Crippen LogP contribution in [0.5, 0.6) is 0 Å². The third-order valence-corrected chi connectivity index (χ3v) is 5.28. The molecule has 4 heteroatoms. The van der Waals surface area contributed by atoms with Crippen LogP contribution in [0.25, 0.3) is 0 Å². The molecule has 0 aromatic heterocycles. The molecular weight excluding hydrogens is 256 g/mol. The monoisotopic (exact) mass is 282 g/mol. The van der Waals surface area contributed by atoms with Gasteiger partial charge in [0.25, 0.3) is 0 Å². The summed E-state index contributed by atoms with van der Waals surface area (Å²) in [6, 6.07) is 0. The molecule has 1 aliphatic carbocycles. The third-order valence-electron chi connectivity index (χ3n) is 5.28. The molecule has 4 nitrogen and oxygen atoms in total. The normalized spacial score (nSPS) is 30.7. The summed E-state index contributed by atoms with van der Waals surface area (Å²) in [6.45, 7) is 6.96. The van der Waals surface area contributed by atoms with Gasteiger partial charge in [-0.1, -0.05) is 26.0 Å². The molecular formula is C16H26O4. The van der Waals surface area contributed by atoms with E-state index in [2.05, 4.69) is 26.0 Å². The summed E-state index contributed by atoms with van der Waals surface area (Å²) in [5.74, 6) is 0. The second-order valence-electron chi connectivity index (χ2n) is 6.58. The number of allylic oxidation sites excluding steroid dienone is 2. The van der Waals surface area contributed by atoms with Gasteiger partial charge in [-0.25, -0.2) is 0 Å². The Morgan fingerprint density at radius 3 is 1.95 bits per heavy atom. The highest BCUT2D eigenvalue weighted by Gasteiger charge is 2.51. The highest BCUT2D eigenvalue weighted by Crippen LogP contribution is 2.43. The van der Waals surface area contributed by atoms with Crippen molar-refractivity contribution in [3.05, 3.63) is 12.2 Å². The predicted molar refractivity (Wildman–Crippen MR) is 75.0 cm³/mol. The number of hydrogen-bond donors (Lipinski definition) is 0. The van der Waals surface area contributed by atoms with E-state index in [9.17, 15) is 0 Å². The second kappa shape index (κ2) is 5.41. The van der Waals surface area contributed by atoms with Crippen LogP contribution in [0.4, 0.5) is 0 Å². The van der Waals surface area contributed by atoms with Crippen LogP contribution >= 0.6 is 0 Å². The van der Waals surface area contributed by atoms with Crippen molar-refractivity contribution in [1.82, 2.24) is 0 Å². The lowest BCUT2D eigenvalue weighted by Gasteiger charge is -2.49. The molecule has 2 saturated heterocycles. The zero-order valence-corrected chi connectivity index (χ0v) is 12.7. The average Bonchev–Trinajstić information content (AvgIpc) is 2.53. The molecule has 0 N–H and O–H groups in total. The zero-order valence-electron chi connectivity index (χ0n) is 12.7. The first kappa shape index (κ1) is 14.5. The Morgan fingerprint density at radius 1 is 0.850 bits per heavy atom. The molecule has 3 rings (SSSR count). The minimum absolute atomic E-state index is 0.112. The third kappa shape index (κ3) is 2.54. The van der Waals surface area contributed by atoms with Crippen molar-refractivity contribution in [2.45, 2.75) is 52.1 Å². The minimum Gasteiger partial charge on any atom is -0.303 e. The van der Waals surface area contributed by atoms with E-state index >= 15 is 0 Å². The van der Waals surface area contributed by atoms with Gasteiger partial charge >= 0.3 is 6.16 Å². The lowest BCUT2D eigenvalue weighted by molar-refractivity contribution is -0.547. The summed E-state index contributed by atoms with van der Waals surface area (Å²) < 4.78 is 23.5. The van der Waals surface area contributed by atoms with E-state index in [1.807, 2.05) is 0 Å². The van der Waals surface area contributed by atoms with Gasteiger partial charge in [0.05, 0.1) is 26.4 Å². The molecule has 2 spiro atoms. The van der Waals surface area contributed by atoms with E-state index in [4.69, 9.17) is 18.9 Å². The van der Waals surface area contributed by atoms with Gasteiger partial charge in [0, 0.05) is 10.8 Å². The second-order valence-corrected chi connectivity index (χ2v) is 6.58. The SMILES string of the molecule is CCC1(CC)COC2(OC1)OCC1(CC=CCC1)CO2. The van der Waals surface area contributed by atoms with Crippen LogP contribution in [0, 0.1) is 10.8 Å². The van der Waals surface area contributed by atoms with Gasteiger partial charge in [0.1, 0.15) is 0 Å². The molecule has 0 unspecified atom stereocenters. The Labute approximate surface area is 121 Å². The largest absolute Gasteiger partial charge is 0.412 e. The molecule has 2 aliphatic heterocycles. The standard InChI is InChI=1S/C16H26O4/c1-3-14(4-2)10-17-16(18-11-14)19-12-15(13-20-16)8-6-5-7-9-15/h5-6H,3-4,7-13H2,1-2H3. The summed E-state index contributed by atoms with van der Waals surface area (Å²) in [7, 11) is 0. The summed E-state index contributed by atoms with van der Waals surface area (Å²) in [6.07, 6.45) is 8.58. The molecule has 0 aromatic rings. The first-order chi connectivity index (χ1) is 9.66. The molecule has 0 atom stereocenters. The number of ether oxygens (including phenoxy) is 4. The minimum atomic E-state index is -1.24. The van der Waals surface area contributed by atoms with Crippen LogP contribution in [0.15, 0.2) is 12.2 Å². The lowest BCUT2D eigenvalue weighted by Crippen LogP contribution is -2.58. The fraction of sp³-hybridized carbons (Fsp3) is 0.875. The van der Waals surface area contributed by atoms with E-state index in [0.717, 1.165) is 32.1 Å². The van der Waals surface area contributed by atoms with E-state index in [1.165, 1.54) is 0 Å². The smallest absolute Gasteiger partial charge is 0.303 e. The fourth-order valence-electron chi connectivity index (χ4n) is 3.16. The summed E-state index contributed by atoms with van der Waals surface area (Å²) in [5.41, 5.74) is 0.234. The first-order valence-electron chi connectivity index (χ1n) is 7.86. The van der Waals surface area contributed by atoms with Crippen LogP contribution in [-0.2, 0) is 18.9 Å². The van der Waals surface area contributed by atoms with Crippen molar-refractivity contribution in [1.29, 1.82) is 0 Å². The van der Waals surface area contributed by atoms with E-state index in [1.54, 1.807) is 0 Å². The van der Waals surface area contributed by atoms with Crippen LogP contribution in [0.1, 0.15) is 46.0 Å². The summed E-state index contributed by atoms with van der Waals surface area (Å²) in [4.78, 5) is 0. The molecule has 0 saturated carbocycles. The van der Waals surface area contributed by atoms with Crippen molar-refractivity contribution in [2.75, 3.05) is 26.4 Å². The molecule has 0 radical (unpaired) electrons. The van der Waals surface area contributed by atoms with Crippen LogP contribution < -0.4 is 0 Å². The highest BCUT2D eigenvalue weighted by atomic mass is 17.0. The maximum Gasteiger partial charge on any atom is 0.412 e. The van der Waals surface area contributed by atoms with Gasteiger partial charge in [-0.3, -0.25) is 0 Å².